The van der Waals surface area contributed by atoms with Crippen LogP contribution in [-0.4, -0.2) is 59.7 Å². The van der Waals surface area contributed by atoms with Gasteiger partial charge in [-0.05, 0) is 11.5 Å². The number of β-lactam (4-membered cyclic amide) rings is 2. The summed E-state index contributed by atoms with van der Waals surface area (Å²) in [5.74, 6) is -1.17. The van der Waals surface area contributed by atoms with Gasteiger partial charge in [-0.1, -0.05) is 44.2 Å². The van der Waals surface area contributed by atoms with Crippen LogP contribution in [0.1, 0.15) is 19.4 Å². The van der Waals surface area contributed by atoms with Crippen molar-refractivity contribution >= 4 is 23.6 Å². The first-order valence-electron chi connectivity index (χ1n) is 9.08. The van der Waals surface area contributed by atoms with Crippen molar-refractivity contribution in [2.24, 2.45) is 5.92 Å². The van der Waals surface area contributed by atoms with E-state index in [0.29, 0.717) is 6.54 Å². The smallest absolute Gasteiger partial charge is 0.247 e. The third kappa shape index (κ3) is 4.10. The van der Waals surface area contributed by atoms with E-state index in [1.165, 1.54) is 4.90 Å². The number of hydrogen-bond acceptors (Lipinski definition) is 4. The van der Waals surface area contributed by atoms with Crippen molar-refractivity contribution in [1.29, 1.82) is 0 Å². The molecule has 0 aliphatic carbocycles. The van der Waals surface area contributed by atoms with Crippen LogP contribution in [0.5, 0.6) is 0 Å². The average Bonchev–Trinajstić information content (AvgIpc) is 2.64. The van der Waals surface area contributed by atoms with Crippen molar-refractivity contribution < 1.29 is 19.2 Å². The van der Waals surface area contributed by atoms with Gasteiger partial charge in [0.25, 0.3) is 0 Å². The molecule has 0 bridgehead atoms. The summed E-state index contributed by atoms with van der Waals surface area (Å²) < 4.78 is 0. The topological polar surface area (TPSA) is 108 Å². The van der Waals surface area contributed by atoms with Crippen molar-refractivity contribution in [3.05, 3.63) is 35.9 Å². The summed E-state index contributed by atoms with van der Waals surface area (Å²) in [6.07, 6.45) is 0.204. The molecule has 0 radical (unpaired) electrons. The average molecular weight is 372 g/mol. The predicted molar refractivity (Wildman–Crippen MR) is 97.4 cm³/mol. The van der Waals surface area contributed by atoms with Crippen LogP contribution in [0, 0.1) is 5.92 Å². The number of rotatable bonds is 7. The second-order valence-corrected chi connectivity index (χ2v) is 7.27. The molecule has 0 saturated carbocycles. The van der Waals surface area contributed by atoms with Gasteiger partial charge in [-0.3, -0.25) is 19.2 Å². The van der Waals surface area contributed by atoms with Gasteiger partial charge >= 0.3 is 0 Å². The van der Waals surface area contributed by atoms with E-state index < -0.39 is 18.1 Å². The highest BCUT2D eigenvalue weighted by atomic mass is 16.2. The molecule has 144 valence electrons. The van der Waals surface area contributed by atoms with Crippen LogP contribution < -0.4 is 16.0 Å². The number of nitrogens with one attached hydrogen (secondary N) is 3. The Morgan fingerprint density at radius 1 is 1.15 bits per heavy atom. The van der Waals surface area contributed by atoms with Crippen molar-refractivity contribution in [1.82, 2.24) is 20.9 Å². The van der Waals surface area contributed by atoms with E-state index in [0.717, 1.165) is 5.56 Å². The lowest BCUT2D eigenvalue weighted by molar-refractivity contribution is -0.156. The normalized spacial score (nSPS) is 22.4. The van der Waals surface area contributed by atoms with Gasteiger partial charge in [0.15, 0.2) is 0 Å². The molecule has 2 saturated heterocycles. The standard InChI is InChI=1S/C19H24N4O4/c1-11(2)16(18(26)22-13-9-20-17(13)25)23-10-14(19(23)27)21-15(24)8-12-6-4-3-5-7-12/h3-7,11,13-14,16H,8-10H2,1-2H3,(H,20,25)(H,21,24)(H,22,26). The van der Waals surface area contributed by atoms with Crippen LogP contribution >= 0.6 is 0 Å². The molecule has 1 aromatic rings. The number of amides is 4. The van der Waals surface area contributed by atoms with E-state index in [2.05, 4.69) is 16.0 Å². The summed E-state index contributed by atoms with van der Waals surface area (Å²) in [6.45, 7) is 4.38. The van der Waals surface area contributed by atoms with Crippen LogP contribution in [0.25, 0.3) is 0 Å². The molecule has 4 amide bonds. The Morgan fingerprint density at radius 3 is 2.37 bits per heavy atom. The number of hydrogen-bond donors (Lipinski definition) is 3. The molecule has 8 heteroatoms. The van der Waals surface area contributed by atoms with Gasteiger partial charge in [0.2, 0.25) is 23.6 Å². The summed E-state index contributed by atoms with van der Waals surface area (Å²) in [5, 5.41) is 7.96. The minimum absolute atomic E-state index is 0.113. The van der Waals surface area contributed by atoms with Gasteiger partial charge in [-0.2, -0.15) is 0 Å². The number of likely N-dealkylation sites (tertiary alicyclic amines) is 1. The summed E-state index contributed by atoms with van der Waals surface area (Å²) in [6, 6.07) is 7.49. The largest absolute Gasteiger partial charge is 0.352 e. The van der Waals surface area contributed by atoms with E-state index in [-0.39, 0.29) is 42.5 Å². The van der Waals surface area contributed by atoms with Gasteiger partial charge in [0.1, 0.15) is 18.1 Å². The highest BCUT2D eigenvalue weighted by molar-refractivity contribution is 5.98. The lowest BCUT2D eigenvalue weighted by atomic mass is 9.94. The summed E-state index contributed by atoms with van der Waals surface area (Å²) in [7, 11) is 0. The zero-order valence-electron chi connectivity index (χ0n) is 15.4. The molecule has 2 heterocycles. The number of benzene rings is 1. The summed E-state index contributed by atoms with van der Waals surface area (Å²) in [4.78, 5) is 49.9. The summed E-state index contributed by atoms with van der Waals surface area (Å²) in [5.41, 5.74) is 0.872. The molecule has 2 aliphatic heterocycles. The fourth-order valence-electron chi connectivity index (χ4n) is 3.30. The third-order valence-electron chi connectivity index (χ3n) is 4.85. The SMILES string of the molecule is CC(C)C(C(=O)NC1CNC1=O)N1CC(NC(=O)Cc2ccccc2)C1=O. The van der Waals surface area contributed by atoms with Crippen molar-refractivity contribution in [2.45, 2.75) is 38.4 Å². The van der Waals surface area contributed by atoms with Gasteiger partial charge in [-0.15, -0.1) is 0 Å². The molecular weight excluding hydrogens is 348 g/mol. The maximum absolute atomic E-state index is 12.5. The van der Waals surface area contributed by atoms with Crippen LogP contribution in [0.4, 0.5) is 0 Å². The van der Waals surface area contributed by atoms with Gasteiger partial charge < -0.3 is 20.9 Å². The maximum Gasteiger partial charge on any atom is 0.247 e. The maximum atomic E-state index is 12.5. The van der Waals surface area contributed by atoms with Gasteiger partial charge in [0, 0.05) is 6.54 Å². The molecule has 2 fully saturated rings. The molecule has 3 N–H and O–H groups in total. The molecule has 3 rings (SSSR count). The molecular formula is C19H24N4O4. The van der Waals surface area contributed by atoms with Crippen LogP contribution in [0.15, 0.2) is 30.3 Å². The fourth-order valence-corrected chi connectivity index (χ4v) is 3.30. The van der Waals surface area contributed by atoms with Crippen molar-refractivity contribution in [3.8, 4) is 0 Å². The zero-order chi connectivity index (χ0) is 19.6. The molecule has 3 atom stereocenters. The van der Waals surface area contributed by atoms with E-state index in [1.807, 2.05) is 44.2 Å². The predicted octanol–water partition coefficient (Wildman–Crippen LogP) is -0.805. The van der Waals surface area contributed by atoms with Crippen LogP contribution in [0.3, 0.4) is 0 Å². The van der Waals surface area contributed by atoms with E-state index >= 15 is 0 Å². The monoisotopic (exact) mass is 372 g/mol. The van der Waals surface area contributed by atoms with Gasteiger partial charge in [0.05, 0.1) is 13.0 Å². The molecule has 3 unspecified atom stereocenters. The minimum atomic E-state index is -0.659. The molecule has 0 aromatic heterocycles. The Morgan fingerprint density at radius 2 is 1.85 bits per heavy atom. The van der Waals surface area contributed by atoms with Crippen molar-refractivity contribution in [3.63, 3.8) is 0 Å². The van der Waals surface area contributed by atoms with Crippen molar-refractivity contribution in [2.75, 3.05) is 13.1 Å². The molecule has 8 nitrogen and oxygen atoms in total. The first kappa shape index (κ1) is 18.9. The van der Waals surface area contributed by atoms with Crippen LogP contribution in [0.2, 0.25) is 0 Å². The highest BCUT2D eigenvalue weighted by Gasteiger charge is 2.46. The second kappa shape index (κ2) is 7.77. The second-order valence-electron chi connectivity index (χ2n) is 7.27. The lowest BCUT2D eigenvalue weighted by Crippen LogP contribution is -2.71. The molecule has 0 spiro atoms. The Hall–Kier alpha value is -2.90. The van der Waals surface area contributed by atoms with E-state index in [9.17, 15) is 19.2 Å². The van der Waals surface area contributed by atoms with E-state index in [1.54, 1.807) is 0 Å². The number of carbonyl (C=O) groups is 4. The lowest BCUT2D eigenvalue weighted by Gasteiger charge is -2.45. The molecule has 1 aromatic carbocycles. The quantitative estimate of drug-likeness (QED) is 0.545. The molecule has 27 heavy (non-hydrogen) atoms. The third-order valence-corrected chi connectivity index (χ3v) is 4.85. The fraction of sp³-hybridized carbons (Fsp3) is 0.474. The Labute approximate surface area is 157 Å². The Bertz CT molecular complexity index is 749. The summed E-state index contributed by atoms with van der Waals surface area (Å²) >= 11 is 0. The molecule has 2 aliphatic rings. The van der Waals surface area contributed by atoms with E-state index in [4.69, 9.17) is 0 Å². The van der Waals surface area contributed by atoms with Gasteiger partial charge in [-0.25, -0.2) is 0 Å². The minimum Gasteiger partial charge on any atom is -0.352 e. The first-order valence-corrected chi connectivity index (χ1v) is 9.08. The Kier molecular flexibility index (Phi) is 5.43. The highest BCUT2D eigenvalue weighted by Crippen LogP contribution is 2.21. The first-order chi connectivity index (χ1) is 12.9. The number of nitrogens with zero attached hydrogens (tertiary/aromatic N) is 1. The zero-order valence-corrected chi connectivity index (χ0v) is 15.4. The Balaban J connectivity index is 1.53. The van der Waals surface area contributed by atoms with Crippen LogP contribution in [-0.2, 0) is 25.6 Å². The number of carbonyl (C=O) groups excluding carboxylic acids is 4.